The molecule has 4 aliphatic carbocycles. The molecule has 2 heterocycles. The first-order valence-electron chi connectivity index (χ1n) is 11.7. The van der Waals surface area contributed by atoms with Crippen LogP contribution in [0.1, 0.15) is 65.2 Å². The minimum atomic E-state index is -0.724. The Labute approximate surface area is 169 Å². The molecule has 6 aliphatic rings. The highest BCUT2D eigenvalue weighted by molar-refractivity contribution is 5.24. The molecule has 0 aromatic rings. The fourth-order valence-corrected chi connectivity index (χ4v) is 9.00. The van der Waals surface area contributed by atoms with Crippen LogP contribution in [0.3, 0.4) is 0 Å². The van der Waals surface area contributed by atoms with Gasteiger partial charge in [-0.05, 0) is 61.2 Å². The van der Waals surface area contributed by atoms with Crippen molar-refractivity contribution in [2.45, 2.75) is 76.8 Å². The molecule has 1 unspecified atom stereocenters. The van der Waals surface area contributed by atoms with Crippen molar-refractivity contribution in [2.24, 2.45) is 34.5 Å². The summed E-state index contributed by atoms with van der Waals surface area (Å²) < 4.78 is 25.8. The minimum Gasteiger partial charge on any atom is -0.343 e. The van der Waals surface area contributed by atoms with Gasteiger partial charge in [-0.25, -0.2) is 0 Å². The van der Waals surface area contributed by atoms with Crippen molar-refractivity contribution in [3.8, 4) is 0 Å². The van der Waals surface area contributed by atoms with Crippen LogP contribution in [0, 0.1) is 34.5 Å². The zero-order valence-electron chi connectivity index (χ0n) is 17.6. The van der Waals surface area contributed by atoms with Gasteiger partial charge in [-0.3, -0.25) is 0 Å². The van der Waals surface area contributed by atoms with E-state index in [-0.39, 0.29) is 5.41 Å². The van der Waals surface area contributed by atoms with Crippen LogP contribution in [0.2, 0.25) is 0 Å². The molecule has 6 fully saturated rings. The van der Waals surface area contributed by atoms with Crippen LogP contribution in [0.5, 0.6) is 0 Å². The Balaban J connectivity index is 1.43. The predicted molar refractivity (Wildman–Crippen MR) is 106 cm³/mol. The van der Waals surface area contributed by atoms with Gasteiger partial charge in [0, 0.05) is 11.8 Å². The summed E-state index contributed by atoms with van der Waals surface area (Å²) in [6.45, 7) is 12.1. The molecule has 6 atom stereocenters. The van der Waals surface area contributed by atoms with Gasteiger partial charge < -0.3 is 18.9 Å². The van der Waals surface area contributed by atoms with Crippen molar-refractivity contribution in [3.63, 3.8) is 0 Å². The van der Waals surface area contributed by atoms with E-state index in [4.69, 9.17) is 18.9 Å². The summed E-state index contributed by atoms with van der Waals surface area (Å²) in [7, 11) is 0. The second-order valence-corrected chi connectivity index (χ2v) is 11.0. The molecule has 0 N–H and O–H groups in total. The summed E-state index contributed by atoms with van der Waals surface area (Å²) in [5, 5.41) is 0. The van der Waals surface area contributed by atoms with Crippen LogP contribution in [-0.4, -0.2) is 38.0 Å². The lowest BCUT2D eigenvalue weighted by molar-refractivity contribution is -0.474. The first-order valence-corrected chi connectivity index (χ1v) is 11.7. The predicted octanol–water partition coefficient (Wildman–Crippen LogP) is 4.68. The van der Waals surface area contributed by atoms with Crippen LogP contribution in [0.4, 0.5) is 0 Å². The Bertz CT molecular complexity index is 676. The molecule has 4 heteroatoms. The largest absolute Gasteiger partial charge is 0.343 e. The number of fused-ring (bicyclic) bond motifs is 5. The Hall–Kier alpha value is -0.420. The standard InChI is InChI=1S/C24H36O4/c1-16-14-17-19(21(2)8-5-4-6-18(16)21)7-9-22(3)20(17)15-23-24(22,27-12-10-25-23)28-13-11-26-23/h17-20H,1,4-15H2,2-3H3/t17-,18?,19+,20+,21+,22+,23?,24?/m1/s1. The number of hydrogen-bond acceptors (Lipinski definition) is 4. The van der Waals surface area contributed by atoms with E-state index in [1.54, 1.807) is 0 Å². The maximum absolute atomic E-state index is 6.50. The third-order valence-electron chi connectivity index (χ3n) is 10.1. The van der Waals surface area contributed by atoms with Gasteiger partial charge in [0.1, 0.15) is 0 Å². The molecule has 2 saturated heterocycles. The normalized spacial score (nSPS) is 58.1. The van der Waals surface area contributed by atoms with Crippen molar-refractivity contribution in [2.75, 3.05) is 26.4 Å². The molecule has 0 aromatic heterocycles. The Morgan fingerprint density at radius 2 is 1.57 bits per heavy atom. The molecular weight excluding hydrogens is 352 g/mol. The number of allylic oxidation sites excluding steroid dienone is 1. The maximum Gasteiger partial charge on any atom is 0.229 e. The molecule has 0 aromatic carbocycles. The molecule has 0 bridgehead atoms. The van der Waals surface area contributed by atoms with Crippen LogP contribution in [-0.2, 0) is 18.9 Å². The second-order valence-electron chi connectivity index (χ2n) is 11.0. The molecule has 0 spiro atoms. The topological polar surface area (TPSA) is 36.9 Å². The monoisotopic (exact) mass is 388 g/mol. The summed E-state index contributed by atoms with van der Waals surface area (Å²) in [5.41, 5.74) is 1.90. The lowest BCUT2D eigenvalue weighted by atomic mass is 9.44. The molecule has 4 nitrogen and oxygen atoms in total. The quantitative estimate of drug-likeness (QED) is 0.565. The molecule has 28 heavy (non-hydrogen) atoms. The van der Waals surface area contributed by atoms with Gasteiger partial charge in [0.25, 0.3) is 0 Å². The third kappa shape index (κ3) is 1.97. The van der Waals surface area contributed by atoms with Gasteiger partial charge in [-0.2, -0.15) is 0 Å². The lowest BCUT2D eigenvalue weighted by Crippen LogP contribution is -2.69. The zero-order chi connectivity index (χ0) is 19.2. The molecular formula is C24H36O4. The number of rotatable bonds is 0. The Morgan fingerprint density at radius 3 is 2.32 bits per heavy atom. The van der Waals surface area contributed by atoms with Crippen LogP contribution in [0.25, 0.3) is 0 Å². The lowest BCUT2D eigenvalue weighted by Gasteiger charge is -2.62. The highest BCUT2D eigenvalue weighted by Gasteiger charge is 2.79. The fraction of sp³-hybridized carbons (Fsp3) is 0.917. The molecule has 156 valence electrons. The van der Waals surface area contributed by atoms with Crippen LogP contribution in [0.15, 0.2) is 12.2 Å². The van der Waals surface area contributed by atoms with E-state index in [0.29, 0.717) is 43.7 Å². The summed E-state index contributed by atoms with van der Waals surface area (Å²) in [5.74, 6) is 1.26. The fourth-order valence-electron chi connectivity index (χ4n) is 9.00. The zero-order valence-corrected chi connectivity index (χ0v) is 17.6. The van der Waals surface area contributed by atoms with Gasteiger partial charge in [0.2, 0.25) is 11.6 Å². The number of ether oxygens (including phenoxy) is 4. The van der Waals surface area contributed by atoms with Gasteiger partial charge in [0.15, 0.2) is 0 Å². The average molecular weight is 389 g/mol. The van der Waals surface area contributed by atoms with Gasteiger partial charge in [-0.15, -0.1) is 0 Å². The SMILES string of the molecule is C=C1C[C@@H]2[C@H](CC[C@@]3(C)[C@H]2CC24OCCOC23OCCO4)[C@@]2(C)CCCCC12. The van der Waals surface area contributed by atoms with E-state index in [1.807, 2.05) is 0 Å². The van der Waals surface area contributed by atoms with E-state index < -0.39 is 11.6 Å². The smallest absolute Gasteiger partial charge is 0.229 e. The van der Waals surface area contributed by atoms with Gasteiger partial charge >= 0.3 is 0 Å². The summed E-state index contributed by atoms with van der Waals surface area (Å²) in [6, 6.07) is 0. The van der Waals surface area contributed by atoms with Crippen molar-refractivity contribution in [1.82, 2.24) is 0 Å². The van der Waals surface area contributed by atoms with Gasteiger partial charge in [0.05, 0.1) is 26.4 Å². The van der Waals surface area contributed by atoms with Crippen LogP contribution >= 0.6 is 0 Å². The maximum atomic E-state index is 6.50. The molecule has 0 amide bonds. The average Bonchev–Trinajstić information content (AvgIpc) is 2.95. The minimum absolute atomic E-state index is 0.0485. The first-order chi connectivity index (χ1) is 13.5. The Kier molecular flexibility index (Phi) is 3.83. The van der Waals surface area contributed by atoms with Crippen molar-refractivity contribution in [3.05, 3.63) is 12.2 Å². The second kappa shape index (κ2) is 5.84. The molecule has 4 saturated carbocycles. The van der Waals surface area contributed by atoms with E-state index >= 15 is 0 Å². The van der Waals surface area contributed by atoms with Crippen molar-refractivity contribution >= 4 is 0 Å². The van der Waals surface area contributed by atoms with Crippen LogP contribution < -0.4 is 0 Å². The van der Waals surface area contributed by atoms with Crippen molar-refractivity contribution in [1.29, 1.82) is 0 Å². The summed E-state index contributed by atoms with van der Waals surface area (Å²) in [6.07, 6.45) is 10.0. The third-order valence-corrected chi connectivity index (χ3v) is 10.1. The molecule has 2 aliphatic heterocycles. The van der Waals surface area contributed by atoms with E-state index in [2.05, 4.69) is 20.4 Å². The summed E-state index contributed by atoms with van der Waals surface area (Å²) in [4.78, 5) is 0. The molecule has 6 rings (SSSR count). The van der Waals surface area contributed by atoms with Gasteiger partial charge in [-0.1, -0.05) is 38.8 Å². The van der Waals surface area contributed by atoms with E-state index in [9.17, 15) is 0 Å². The van der Waals surface area contributed by atoms with E-state index in [1.165, 1.54) is 44.1 Å². The summed E-state index contributed by atoms with van der Waals surface area (Å²) >= 11 is 0. The van der Waals surface area contributed by atoms with E-state index in [0.717, 1.165) is 24.7 Å². The number of hydrogen-bond donors (Lipinski definition) is 0. The highest BCUT2D eigenvalue weighted by Crippen LogP contribution is 2.73. The van der Waals surface area contributed by atoms with Crippen molar-refractivity contribution < 1.29 is 18.9 Å². The highest BCUT2D eigenvalue weighted by atomic mass is 16.8. The molecule has 0 radical (unpaired) electrons. The first kappa shape index (κ1) is 18.4. The Morgan fingerprint density at radius 1 is 0.857 bits per heavy atom.